The fraction of sp³-hybridized carbons (Fsp3) is 0.750. The summed E-state index contributed by atoms with van der Waals surface area (Å²) in [6.45, 7) is 4.05. The Balaban J connectivity index is 2.67. The van der Waals surface area contributed by atoms with Crippen LogP contribution in [0.4, 0.5) is 13.2 Å². The van der Waals surface area contributed by atoms with Gasteiger partial charge in [0.05, 0.1) is 0 Å². The highest BCUT2D eigenvalue weighted by atomic mass is 32.2. The first-order valence-electron chi connectivity index (χ1n) is 4.67. The van der Waals surface area contributed by atoms with Crippen molar-refractivity contribution in [3.05, 3.63) is 10.6 Å². The number of hydrogen-bond donors (Lipinski definition) is 1. The minimum absolute atomic E-state index is 0.0479. The number of halogens is 3. The summed E-state index contributed by atoms with van der Waals surface area (Å²) in [7, 11) is 0. The molecule has 1 heterocycles. The molecule has 92 valence electrons. The Bertz CT molecular complexity index is 394. The first-order valence-corrected chi connectivity index (χ1v) is 6.06. The van der Waals surface area contributed by atoms with Crippen LogP contribution in [0.3, 0.4) is 0 Å². The molecule has 0 saturated carbocycles. The summed E-state index contributed by atoms with van der Waals surface area (Å²) in [5.41, 5.74) is -4.19. The molecule has 0 fully saturated rings. The number of aromatic amines is 1. The fourth-order valence-corrected chi connectivity index (χ4v) is 1.98. The van der Waals surface area contributed by atoms with Gasteiger partial charge < -0.3 is 4.57 Å². The van der Waals surface area contributed by atoms with Crippen molar-refractivity contribution < 1.29 is 13.2 Å². The van der Waals surface area contributed by atoms with Crippen molar-refractivity contribution in [3.63, 3.8) is 0 Å². The van der Waals surface area contributed by atoms with Crippen LogP contribution in [0.25, 0.3) is 0 Å². The highest BCUT2D eigenvalue weighted by Gasteiger charge is 2.27. The van der Waals surface area contributed by atoms with Crippen molar-refractivity contribution in [2.75, 3.05) is 5.75 Å². The number of alkyl halides is 3. The highest BCUT2D eigenvalue weighted by molar-refractivity contribution is 8.00. The van der Waals surface area contributed by atoms with E-state index in [4.69, 9.17) is 12.2 Å². The van der Waals surface area contributed by atoms with Crippen molar-refractivity contribution in [1.29, 1.82) is 0 Å². The Hall–Kier alpha value is -0.500. The molecule has 0 aliphatic carbocycles. The second kappa shape index (κ2) is 5.22. The minimum atomic E-state index is -4.19. The van der Waals surface area contributed by atoms with Crippen LogP contribution < -0.4 is 0 Å². The summed E-state index contributed by atoms with van der Waals surface area (Å²) in [4.78, 5) is 0. The molecule has 1 aromatic heterocycles. The first kappa shape index (κ1) is 13.6. The van der Waals surface area contributed by atoms with Crippen molar-refractivity contribution in [2.45, 2.75) is 31.8 Å². The Kier molecular flexibility index (Phi) is 4.43. The standard InChI is InChI=1S/C8H12F3N3S2/c1-5(2)6-12-13-7(15)14(6)3-4-16-8(9,10)11/h5H,3-4H2,1-2H3,(H,13,15). The molecule has 0 bridgehead atoms. The number of hydrogen-bond acceptors (Lipinski definition) is 3. The van der Waals surface area contributed by atoms with Crippen LogP contribution >= 0.6 is 24.0 Å². The quantitative estimate of drug-likeness (QED) is 0.853. The zero-order chi connectivity index (χ0) is 12.3. The van der Waals surface area contributed by atoms with E-state index in [1.807, 2.05) is 13.8 Å². The number of thioether (sulfide) groups is 1. The van der Waals surface area contributed by atoms with Crippen molar-refractivity contribution in [3.8, 4) is 0 Å². The van der Waals surface area contributed by atoms with Gasteiger partial charge in [-0.2, -0.15) is 18.3 Å². The summed E-state index contributed by atoms with van der Waals surface area (Å²) >= 11 is 4.91. The summed E-state index contributed by atoms with van der Waals surface area (Å²) in [6.07, 6.45) is 0. The molecule has 0 aliphatic heterocycles. The summed E-state index contributed by atoms with van der Waals surface area (Å²) in [5, 5.41) is 6.58. The first-order chi connectivity index (χ1) is 7.31. The molecule has 0 amide bonds. The van der Waals surface area contributed by atoms with E-state index < -0.39 is 5.51 Å². The third kappa shape index (κ3) is 3.82. The number of rotatable bonds is 4. The SMILES string of the molecule is CC(C)c1n[nH]c(=S)n1CCSC(F)(F)F. The van der Waals surface area contributed by atoms with Crippen LogP contribution in [0.1, 0.15) is 25.6 Å². The smallest absolute Gasteiger partial charge is 0.303 e. The van der Waals surface area contributed by atoms with Gasteiger partial charge in [0.1, 0.15) is 5.82 Å². The van der Waals surface area contributed by atoms with Gasteiger partial charge in [-0.3, -0.25) is 5.10 Å². The maximum absolute atomic E-state index is 11.9. The molecule has 8 heteroatoms. The van der Waals surface area contributed by atoms with Crippen LogP contribution in [0.2, 0.25) is 0 Å². The van der Waals surface area contributed by atoms with Gasteiger partial charge in [-0.25, -0.2) is 0 Å². The van der Waals surface area contributed by atoms with E-state index in [0.29, 0.717) is 10.6 Å². The average molecular weight is 271 g/mol. The predicted octanol–water partition coefficient (Wildman–Crippen LogP) is 3.32. The van der Waals surface area contributed by atoms with Crippen LogP contribution in [0.15, 0.2) is 0 Å². The van der Waals surface area contributed by atoms with Crippen LogP contribution in [0, 0.1) is 4.77 Å². The molecule has 1 aromatic rings. The predicted molar refractivity (Wildman–Crippen MR) is 60.0 cm³/mol. The molecule has 0 saturated heterocycles. The number of nitrogens with one attached hydrogen (secondary N) is 1. The Labute approximate surface area is 100 Å². The van der Waals surface area contributed by atoms with Crippen LogP contribution in [-0.2, 0) is 6.54 Å². The van der Waals surface area contributed by atoms with Crippen molar-refractivity contribution in [1.82, 2.24) is 14.8 Å². The average Bonchev–Trinajstić information content (AvgIpc) is 2.46. The zero-order valence-corrected chi connectivity index (χ0v) is 10.5. The normalized spacial score (nSPS) is 12.4. The lowest BCUT2D eigenvalue weighted by Gasteiger charge is -2.09. The summed E-state index contributed by atoms with van der Waals surface area (Å²) in [6, 6.07) is 0. The molecule has 0 radical (unpaired) electrons. The lowest BCUT2D eigenvalue weighted by atomic mass is 10.2. The molecule has 1 N–H and O–H groups in total. The van der Waals surface area contributed by atoms with Gasteiger partial charge in [-0.1, -0.05) is 13.8 Å². The third-order valence-corrected chi connectivity index (χ3v) is 2.91. The Morgan fingerprint density at radius 3 is 2.62 bits per heavy atom. The topological polar surface area (TPSA) is 33.6 Å². The van der Waals surface area contributed by atoms with E-state index in [1.165, 1.54) is 0 Å². The van der Waals surface area contributed by atoms with Gasteiger partial charge >= 0.3 is 5.51 Å². The second-order valence-electron chi connectivity index (χ2n) is 3.49. The monoisotopic (exact) mass is 271 g/mol. The van der Waals surface area contributed by atoms with Gasteiger partial charge in [-0.15, -0.1) is 0 Å². The van der Waals surface area contributed by atoms with Gasteiger partial charge in [0, 0.05) is 18.2 Å². The van der Waals surface area contributed by atoms with E-state index in [1.54, 1.807) is 4.57 Å². The molecule has 0 aliphatic rings. The molecular formula is C8H12F3N3S2. The maximum atomic E-state index is 11.9. The van der Waals surface area contributed by atoms with E-state index in [2.05, 4.69) is 10.2 Å². The molecule has 3 nitrogen and oxygen atoms in total. The van der Waals surface area contributed by atoms with Crippen LogP contribution in [0.5, 0.6) is 0 Å². The Morgan fingerprint density at radius 2 is 2.12 bits per heavy atom. The summed E-state index contributed by atoms with van der Waals surface area (Å²) < 4.78 is 37.8. The zero-order valence-electron chi connectivity index (χ0n) is 8.84. The lowest BCUT2D eigenvalue weighted by Crippen LogP contribution is -2.10. The molecule has 16 heavy (non-hydrogen) atoms. The molecule has 0 unspecified atom stereocenters. The van der Waals surface area contributed by atoms with Crippen molar-refractivity contribution >= 4 is 24.0 Å². The van der Waals surface area contributed by atoms with Crippen molar-refractivity contribution in [2.24, 2.45) is 0 Å². The van der Waals surface area contributed by atoms with Gasteiger partial charge in [-0.05, 0) is 24.0 Å². The molecule has 1 rings (SSSR count). The van der Waals surface area contributed by atoms with Gasteiger partial charge in [0.15, 0.2) is 4.77 Å². The highest BCUT2D eigenvalue weighted by Crippen LogP contribution is 2.30. The maximum Gasteiger partial charge on any atom is 0.441 e. The third-order valence-electron chi connectivity index (χ3n) is 1.88. The largest absolute Gasteiger partial charge is 0.441 e. The Morgan fingerprint density at radius 1 is 1.50 bits per heavy atom. The van der Waals surface area contributed by atoms with E-state index in [9.17, 15) is 13.2 Å². The lowest BCUT2D eigenvalue weighted by molar-refractivity contribution is -0.0328. The molecule has 0 aromatic carbocycles. The molecular weight excluding hydrogens is 259 g/mol. The fourth-order valence-electron chi connectivity index (χ4n) is 1.24. The number of aromatic nitrogens is 3. The number of nitrogens with zero attached hydrogens (tertiary/aromatic N) is 2. The molecule has 0 spiro atoms. The second-order valence-corrected chi connectivity index (χ2v) is 5.03. The van der Waals surface area contributed by atoms with E-state index >= 15 is 0 Å². The minimum Gasteiger partial charge on any atom is -0.303 e. The summed E-state index contributed by atoms with van der Waals surface area (Å²) in [5.74, 6) is 0.758. The van der Waals surface area contributed by atoms with Crippen LogP contribution in [-0.4, -0.2) is 26.0 Å². The van der Waals surface area contributed by atoms with E-state index in [-0.39, 0.29) is 30.0 Å². The van der Waals surface area contributed by atoms with E-state index in [0.717, 1.165) is 0 Å². The van der Waals surface area contributed by atoms with Gasteiger partial charge in [0.25, 0.3) is 0 Å². The molecule has 0 atom stereocenters. The number of H-pyrrole nitrogens is 1. The van der Waals surface area contributed by atoms with Gasteiger partial charge in [0.2, 0.25) is 0 Å².